The lowest BCUT2D eigenvalue weighted by Gasteiger charge is -2.17. The maximum atomic E-state index is 5.16. The SMILES string of the molecule is CCNC(=NCc1ccc(OC)cc1)NCCN(C)CCOC.I. The zero-order chi connectivity index (χ0) is 16.9. The lowest BCUT2D eigenvalue weighted by Crippen LogP contribution is -2.41. The summed E-state index contributed by atoms with van der Waals surface area (Å²) in [6.07, 6.45) is 0. The van der Waals surface area contributed by atoms with Gasteiger partial charge in [0.2, 0.25) is 0 Å². The second-order valence-corrected chi connectivity index (χ2v) is 5.27. The molecule has 24 heavy (non-hydrogen) atoms. The number of halogens is 1. The lowest BCUT2D eigenvalue weighted by molar-refractivity contribution is 0.162. The Morgan fingerprint density at radius 2 is 1.83 bits per heavy atom. The number of hydrogen-bond acceptors (Lipinski definition) is 4. The molecular formula is C17H31IN4O2. The second kappa shape index (κ2) is 14.3. The van der Waals surface area contributed by atoms with Crippen LogP contribution in [-0.2, 0) is 11.3 Å². The second-order valence-electron chi connectivity index (χ2n) is 5.27. The molecule has 7 heteroatoms. The molecule has 1 aromatic carbocycles. The van der Waals surface area contributed by atoms with Gasteiger partial charge in [0.1, 0.15) is 5.75 Å². The van der Waals surface area contributed by atoms with Gasteiger partial charge < -0.3 is 25.0 Å². The molecule has 0 amide bonds. The van der Waals surface area contributed by atoms with Crippen molar-refractivity contribution in [1.29, 1.82) is 0 Å². The topological polar surface area (TPSA) is 58.1 Å². The minimum absolute atomic E-state index is 0. The first-order valence-electron chi connectivity index (χ1n) is 8.02. The monoisotopic (exact) mass is 450 g/mol. The third kappa shape index (κ3) is 9.94. The standard InChI is InChI=1S/C17H30N4O2.HI/c1-5-18-17(19-10-11-21(2)12-13-22-3)20-14-15-6-8-16(23-4)9-7-15;/h6-9H,5,10-14H2,1-4H3,(H2,18,19,20);1H. The first-order valence-corrected chi connectivity index (χ1v) is 8.02. The summed E-state index contributed by atoms with van der Waals surface area (Å²) in [4.78, 5) is 6.83. The first kappa shape index (κ1) is 22.9. The summed E-state index contributed by atoms with van der Waals surface area (Å²) in [7, 11) is 5.48. The smallest absolute Gasteiger partial charge is 0.191 e. The number of nitrogens with zero attached hydrogens (tertiary/aromatic N) is 2. The average molecular weight is 450 g/mol. The normalized spacial score (nSPS) is 11.1. The molecule has 0 aliphatic carbocycles. The lowest BCUT2D eigenvalue weighted by atomic mass is 10.2. The van der Waals surface area contributed by atoms with E-state index in [0.29, 0.717) is 6.54 Å². The molecule has 0 aliphatic heterocycles. The van der Waals surface area contributed by atoms with Crippen molar-refractivity contribution in [3.05, 3.63) is 29.8 Å². The highest BCUT2D eigenvalue weighted by atomic mass is 127. The maximum absolute atomic E-state index is 5.16. The molecule has 0 aromatic heterocycles. The van der Waals surface area contributed by atoms with Gasteiger partial charge in [-0.1, -0.05) is 12.1 Å². The molecular weight excluding hydrogens is 419 g/mol. The van der Waals surface area contributed by atoms with Crippen molar-refractivity contribution in [2.45, 2.75) is 13.5 Å². The summed E-state index contributed by atoms with van der Waals surface area (Å²) in [5.74, 6) is 1.70. The third-order valence-corrected chi connectivity index (χ3v) is 3.39. The highest BCUT2D eigenvalue weighted by Crippen LogP contribution is 2.11. The number of benzene rings is 1. The molecule has 0 radical (unpaired) electrons. The van der Waals surface area contributed by atoms with Crippen molar-refractivity contribution < 1.29 is 9.47 Å². The summed E-state index contributed by atoms with van der Waals surface area (Å²) >= 11 is 0. The van der Waals surface area contributed by atoms with Crippen molar-refractivity contribution >= 4 is 29.9 Å². The van der Waals surface area contributed by atoms with Crippen LogP contribution < -0.4 is 15.4 Å². The van der Waals surface area contributed by atoms with Gasteiger partial charge in [0.05, 0.1) is 20.3 Å². The van der Waals surface area contributed by atoms with Gasteiger partial charge in [0.15, 0.2) is 5.96 Å². The van der Waals surface area contributed by atoms with Gasteiger partial charge in [-0.3, -0.25) is 0 Å². The minimum atomic E-state index is 0. The Bertz CT molecular complexity index is 454. The summed E-state index contributed by atoms with van der Waals surface area (Å²) in [6.45, 7) is 7.01. The van der Waals surface area contributed by atoms with Gasteiger partial charge in [0, 0.05) is 33.3 Å². The largest absolute Gasteiger partial charge is 0.497 e. The highest BCUT2D eigenvalue weighted by molar-refractivity contribution is 14.0. The predicted molar refractivity (Wildman–Crippen MR) is 111 cm³/mol. The van der Waals surface area contributed by atoms with Gasteiger partial charge >= 0.3 is 0 Å². The number of likely N-dealkylation sites (N-methyl/N-ethyl adjacent to an activating group) is 1. The highest BCUT2D eigenvalue weighted by Gasteiger charge is 2.00. The van der Waals surface area contributed by atoms with Crippen LogP contribution in [-0.4, -0.2) is 64.9 Å². The molecule has 0 saturated heterocycles. The van der Waals surface area contributed by atoms with Gasteiger partial charge in [-0.2, -0.15) is 0 Å². The van der Waals surface area contributed by atoms with Crippen LogP contribution in [0.1, 0.15) is 12.5 Å². The minimum Gasteiger partial charge on any atom is -0.497 e. The van der Waals surface area contributed by atoms with Crippen LogP contribution in [0.3, 0.4) is 0 Å². The number of nitrogens with one attached hydrogen (secondary N) is 2. The van der Waals surface area contributed by atoms with Gasteiger partial charge in [-0.15, -0.1) is 24.0 Å². The third-order valence-electron chi connectivity index (χ3n) is 3.39. The average Bonchev–Trinajstić information content (AvgIpc) is 2.58. The van der Waals surface area contributed by atoms with E-state index >= 15 is 0 Å². The Labute approximate surface area is 163 Å². The first-order chi connectivity index (χ1) is 11.2. The number of rotatable bonds is 10. The van der Waals surface area contributed by atoms with Crippen LogP contribution in [0.4, 0.5) is 0 Å². The van der Waals surface area contributed by atoms with E-state index in [1.807, 2.05) is 24.3 Å². The molecule has 0 aliphatic rings. The number of methoxy groups -OCH3 is 2. The molecule has 138 valence electrons. The molecule has 0 heterocycles. The molecule has 0 fully saturated rings. The zero-order valence-corrected chi connectivity index (χ0v) is 17.5. The van der Waals surface area contributed by atoms with E-state index < -0.39 is 0 Å². The fourth-order valence-electron chi connectivity index (χ4n) is 1.97. The van der Waals surface area contributed by atoms with Crippen LogP contribution in [0, 0.1) is 0 Å². The van der Waals surface area contributed by atoms with E-state index in [-0.39, 0.29) is 24.0 Å². The van der Waals surface area contributed by atoms with E-state index in [1.165, 1.54) is 0 Å². The van der Waals surface area contributed by atoms with Gasteiger partial charge in [0.25, 0.3) is 0 Å². The van der Waals surface area contributed by atoms with E-state index in [4.69, 9.17) is 9.47 Å². The number of guanidine groups is 1. The molecule has 0 spiro atoms. The number of aliphatic imine (C=N–C) groups is 1. The van der Waals surface area contributed by atoms with Crippen molar-refractivity contribution in [2.75, 3.05) is 54.1 Å². The van der Waals surface area contributed by atoms with Crippen molar-refractivity contribution in [3.63, 3.8) is 0 Å². The van der Waals surface area contributed by atoms with Crippen molar-refractivity contribution in [2.24, 2.45) is 4.99 Å². The van der Waals surface area contributed by atoms with Crippen LogP contribution in [0.25, 0.3) is 0 Å². The van der Waals surface area contributed by atoms with E-state index in [9.17, 15) is 0 Å². The summed E-state index contributed by atoms with van der Waals surface area (Å²) in [5, 5.41) is 6.62. The van der Waals surface area contributed by atoms with Gasteiger partial charge in [-0.05, 0) is 31.7 Å². The van der Waals surface area contributed by atoms with E-state index in [1.54, 1.807) is 14.2 Å². The predicted octanol–water partition coefficient (Wildman–Crippen LogP) is 1.95. The molecule has 0 atom stereocenters. The van der Waals surface area contributed by atoms with Crippen LogP contribution in [0.2, 0.25) is 0 Å². The van der Waals surface area contributed by atoms with Crippen molar-refractivity contribution in [1.82, 2.24) is 15.5 Å². The molecule has 0 unspecified atom stereocenters. The Kier molecular flexibility index (Phi) is 13.7. The fourth-order valence-corrected chi connectivity index (χ4v) is 1.97. The fraction of sp³-hybridized carbons (Fsp3) is 0.588. The van der Waals surface area contributed by atoms with Crippen LogP contribution in [0.5, 0.6) is 5.75 Å². The Balaban J connectivity index is 0.00000529. The van der Waals surface area contributed by atoms with Gasteiger partial charge in [-0.25, -0.2) is 4.99 Å². The van der Waals surface area contributed by atoms with Crippen LogP contribution >= 0.6 is 24.0 Å². The zero-order valence-electron chi connectivity index (χ0n) is 15.2. The Hall–Kier alpha value is -1.06. The number of hydrogen-bond donors (Lipinski definition) is 2. The van der Waals surface area contributed by atoms with Crippen LogP contribution in [0.15, 0.2) is 29.3 Å². The maximum Gasteiger partial charge on any atom is 0.191 e. The van der Waals surface area contributed by atoms with E-state index in [0.717, 1.165) is 50.1 Å². The summed E-state index contributed by atoms with van der Waals surface area (Å²) in [5.41, 5.74) is 1.15. The molecule has 0 bridgehead atoms. The molecule has 1 rings (SSSR count). The Morgan fingerprint density at radius 3 is 2.42 bits per heavy atom. The molecule has 1 aromatic rings. The molecule has 6 nitrogen and oxygen atoms in total. The quantitative estimate of drug-likeness (QED) is 0.324. The summed E-state index contributed by atoms with van der Waals surface area (Å²) < 4.78 is 10.2. The summed E-state index contributed by atoms with van der Waals surface area (Å²) in [6, 6.07) is 7.97. The molecule has 0 saturated carbocycles. The number of ether oxygens (including phenoxy) is 2. The molecule has 2 N–H and O–H groups in total. The van der Waals surface area contributed by atoms with E-state index in [2.05, 4.69) is 34.5 Å². The van der Waals surface area contributed by atoms with Crippen molar-refractivity contribution in [3.8, 4) is 5.75 Å². The Morgan fingerprint density at radius 1 is 1.12 bits per heavy atom.